The standard InChI is InChI=1S/C25H18BrCl2N3O2/c1-32-24-10-16(8-17(12-29)13-31-15-30-22-4-2-3-5-23(22)31)9-20(26)25(24)33-14-18-6-7-19(27)11-21(18)28/h2-11,15H,13-14H2,1H3/b17-8-. The molecular weight excluding hydrogens is 525 g/mol. The van der Waals surface area contributed by atoms with E-state index in [-0.39, 0.29) is 6.61 Å². The molecule has 166 valence electrons. The summed E-state index contributed by atoms with van der Waals surface area (Å²) in [4.78, 5) is 4.39. The maximum Gasteiger partial charge on any atom is 0.175 e. The fraction of sp³-hybridized carbons (Fsp3) is 0.120. The number of hydrogen-bond acceptors (Lipinski definition) is 4. The number of aromatic nitrogens is 2. The number of para-hydroxylation sites is 2. The molecule has 0 bridgehead atoms. The molecule has 3 aromatic carbocycles. The van der Waals surface area contributed by atoms with E-state index in [4.69, 9.17) is 32.7 Å². The number of fused-ring (bicyclic) bond motifs is 1. The highest BCUT2D eigenvalue weighted by Gasteiger charge is 2.13. The molecule has 0 aliphatic heterocycles. The molecule has 5 nitrogen and oxygen atoms in total. The Hall–Kier alpha value is -2.98. The number of nitriles is 1. The molecule has 1 aromatic heterocycles. The minimum Gasteiger partial charge on any atom is -0.493 e. The first-order valence-electron chi connectivity index (χ1n) is 9.93. The molecular formula is C25H18BrCl2N3O2. The van der Waals surface area contributed by atoms with Crippen molar-refractivity contribution in [1.29, 1.82) is 5.26 Å². The molecule has 0 saturated carbocycles. The van der Waals surface area contributed by atoms with Crippen LogP contribution < -0.4 is 9.47 Å². The number of halogens is 3. The Bertz CT molecular complexity index is 1390. The fourth-order valence-corrected chi connectivity index (χ4v) is 4.42. The molecule has 0 aliphatic carbocycles. The number of allylic oxidation sites excluding steroid dienone is 1. The summed E-state index contributed by atoms with van der Waals surface area (Å²) in [7, 11) is 1.57. The van der Waals surface area contributed by atoms with Crippen molar-refractivity contribution in [3.8, 4) is 17.6 Å². The highest BCUT2D eigenvalue weighted by Crippen LogP contribution is 2.38. The number of rotatable bonds is 7. The van der Waals surface area contributed by atoms with Crippen LogP contribution in [0.25, 0.3) is 17.1 Å². The summed E-state index contributed by atoms with van der Waals surface area (Å²) in [6.45, 7) is 0.654. The van der Waals surface area contributed by atoms with Crippen LogP contribution in [0.3, 0.4) is 0 Å². The van der Waals surface area contributed by atoms with Gasteiger partial charge in [0.05, 0.1) is 41.6 Å². The molecule has 4 aromatic rings. The van der Waals surface area contributed by atoms with Crippen molar-refractivity contribution in [2.24, 2.45) is 0 Å². The van der Waals surface area contributed by atoms with Crippen molar-refractivity contribution in [2.45, 2.75) is 13.2 Å². The maximum atomic E-state index is 9.72. The smallest absolute Gasteiger partial charge is 0.175 e. The van der Waals surface area contributed by atoms with Gasteiger partial charge in [0, 0.05) is 21.2 Å². The van der Waals surface area contributed by atoms with Crippen molar-refractivity contribution in [3.05, 3.63) is 92.1 Å². The lowest BCUT2D eigenvalue weighted by molar-refractivity contribution is 0.282. The molecule has 1 heterocycles. The fourth-order valence-electron chi connectivity index (χ4n) is 3.39. The first kappa shape index (κ1) is 23.2. The van der Waals surface area contributed by atoms with Gasteiger partial charge in [0.25, 0.3) is 0 Å². The van der Waals surface area contributed by atoms with Gasteiger partial charge in [-0.25, -0.2) is 4.98 Å². The van der Waals surface area contributed by atoms with Gasteiger partial charge in [-0.05, 0) is 64.0 Å². The number of imidazole rings is 1. The van der Waals surface area contributed by atoms with Gasteiger partial charge in [-0.2, -0.15) is 5.26 Å². The third kappa shape index (κ3) is 5.33. The van der Waals surface area contributed by atoms with Gasteiger partial charge in [0.2, 0.25) is 0 Å². The van der Waals surface area contributed by atoms with Crippen LogP contribution in [0.2, 0.25) is 10.0 Å². The summed E-state index contributed by atoms with van der Waals surface area (Å²) in [5.74, 6) is 1.07. The molecule has 8 heteroatoms. The summed E-state index contributed by atoms with van der Waals surface area (Å²) in [5.41, 5.74) is 4.05. The second kappa shape index (κ2) is 10.3. The zero-order valence-electron chi connectivity index (χ0n) is 17.6. The zero-order valence-corrected chi connectivity index (χ0v) is 20.7. The molecule has 0 N–H and O–H groups in total. The number of ether oxygens (including phenoxy) is 2. The van der Waals surface area contributed by atoms with Gasteiger partial charge in [0.15, 0.2) is 11.5 Å². The number of nitrogens with zero attached hydrogens (tertiary/aromatic N) is 3. The van der Waals surface area contributed by atoms with Gasteiger partial charge < -0.3 is 14.0 Å². The van der Waals surface area contributed by atoms with Crippen LogP contribution in [0.4, 0.5) is 0 Å². The molecule has 33 heavy (non-hydrogen) atoms. The van der Waals surface area contributed by atoms with Crippen LogP contribution in [-0.2, 0) is 13.2 Å². The Morgan fingerprint density at radius 1 is 1.18 bits per heavy atom. The number of benzene rings is 3. The second-order valence-corrected chi connectivity index (χ2v) is 8.90. The Balaban J connectivity index is 1.58. The van der Waals surface area contributed by atoms with E-state index in [9.17, 15) is 5.26 Å². The van der Waals surface area contributed by atoms with Crippen LogP contribution in [0, 0.1) is 11.3 Å². The van der Waals surface area contributed by atoms with Crippen LogP contribution in [0.1, 0.15) is 11.1 Å². The molecule has 0 amide bonds. The second-order valence-electron chi connectivity index (χ2n) is 7.20. The van der Waals surface area contributed by atoms with E-state index in [2.05, 4.69) is 27.0 Å². The molecule has 0 spiro atoms. The highest BCUT2D eigenvalue weighted by atomic mass is 79.9. The monoisotopic (exact) mass is 541 g/mol. The highest BCUT2D eigenvalue weighted by molar-refractivity contribution is 9.10. The Morgan fingerprint density at radius 3 is 2.76 bits per heavy atom. The largest absolute Gasteiger partial charge is 0.493 e. The number of methoxy groups -OCH3 is 1. The lowest BCUT2D eigenvalue weighted by atomic mass is 10.1. The Labute approximate surface area is 209 Å². The zero-order chi connectivity index (χ0) is 23.4. The average molecular weight is 543 g/mol. The van der Waals surface area contributed by atoms with E-state index in [0.29, 0.717) is 38.1 Å². The van der Waals surface area contributed by atoms with Gasteiger partial charge in [-0.1, -0.05) is 41.4 Å². The maximum absolute atomic E-state index is 9.72. The van der Waals surface area contributed by atoms with E-state index in [1.165, 1.54) is 0 Å². The van der Waals surface area contributed by atoms with E-state index < -0.39 is 0 Å². The Kier molecular flexibility index (Phi) is 7.24. The Morgan fingerprint density at radius 2 is 2.00 bits per heavy atom. The minimum absolute atomic E-state index is 0.247. The summed E-state index contributed by atoms with van der Waals surface area (Å²) in [6, 6.07) is 19.1. The SMILES string of the molecule is COc1cc(/C=C(/C#N)Cn2cnc3ccccc32)cc(Br)c1OCc1ccc(Cl)cc1Cl. The molecule has 0 unspecified atom stereocenters. The normalized spacial score (nSPS) is 11.4. The van der Waals surface area contributed by atoms with E-state index in [1.54, 1.807) is 25.6 Å². The van der Waals surface area contributed by atoms with Crippen LogP contribution in [-0.4, -0.2) is 16.7 Å². The summed E-state index contributed by atoms with van der Waals surface area (Å²) < 4.78 is 14.2. The average Bonchev–Trinajstić information content (AvgIpc) is 3.21. The first-order valence-corrected chi connectivity index (χ1v) is 11.5. The van der Waals surface area contributed by atoms with E-state index in [1.807, 2.05) is 53.1 Å². The van der Waals surface area contributed by atoms with Crippen molar-refractivity contribution in [2.75, 3.05) is 7.11 Å². The first-order chi connectivity index (χ1) is 16.0. The predicted molar refractivity (Wildman–Crippen MR) is 135 cm³/mol. The molecule has 4 rings (SSSR count). The summed E-state index contributed by atoms with van der Waals surface area (Å²) >= 11 is 15.8. The van der Waals surface area contributed by atoms with Crippen molar-refractivity contribution >= 4 is 56.2 Å². The van der Waals surface area contributed by atoms with Gasteiger partial charge >= 0.3 is 0 Å². The molecule has 0 fully saturated rings. The molecule has 0 atom stereocenters. The molecule has 0 aliphatic rings. The van der Waals surface area contributed by atoms with Crippen LogP contribution in [0.5, 0.6) is 11.5 Å². The molecule has 0 radical (unpaired) electrons. The van der Waals surface area contributed by atoms with Crippen molar-refractivity contribution in [1.82, 2.24) is 9.55 Å². The lowest BCUT2D eigenvalue weighted by Gasteiger charge is -2.14. The lowest BCUT2D eigenvalue weighted by Crippen LogP contribution is -2.00. The number of hydrogen-bond donors (Lipinski definition) is 0. The van der Waals surface area contributed by atoms with Gasteiger partial charge in [0.1, 0.15) is 6.61 Å². The van der Waals surface area contributed by atoms with Crippen LogP contribution in [0.15, 0.2) is 71.0 Å². The van der Waals surface area contributed by atoms with Crippen molar-refractivity contribution in [3.63, 3.8) is 0 Å². The minimum atomic E-state index is 0.247. The summed E-state index contributed by atoms with van der Waals surface area (Å²) in [6.07, 6.45) is 3.56. The van der Waals surface area contributed by atoms with E-state index >= 15 is 0 Å². The third-order valence-electron chi connectivity index (χ3n) is 4.99. The summed E-state index contributed by atoms with van der Waals surface area (Å²) in [5, 5.41) is 10.8. The van der Waals surface area contributed by atoms with Gasteiger partial charge in [-0.3, -0.25) is 0 Å². The third-order valence-corrected chi connectivity index (χ3v) is 6.17. The van der Waals surface area contributed by atoms with E-state index in [0.717, 1.165) is 22.2 Å². The predicted octanol–water partition coefficient (Wildman–Crippen LogP) is 7.30. The quantitative estimate of drug-likeness (QED) is 0.230. The van der Waals surface area contributed by atoms with Crippen LogP contribution >= 0.6 is 39.1 Å². The topological polar surface area (TPSA) is 60.1 Å². The van der Waals surface area contributed by atoms with Gasteiger partial charge in [-0.15, -0.1) is 0 Å². The van der Waals surface area contributed by atoms with Crippen molar-refractivity contribution < 1.29 is 9.47 Å². The molecule has 0 saturated heterocycles.